The quantitative estimate of drug-likeness (QED) is 0.0814. The van der Waals surface area contributed by atoms with Crippen LogP contribution in [0.1, 0.15) is 126 Å². The summed E-state index contributed by atoms with van der Waals surface area (Å²) >= 11 is 0. The first-order valence-corrected chi connectivity index (χ1v) is 14.3. The molecular weight excluding hydrogens is 446 g/mol. The summed E-state index contributed by atoms with van der Waals surface area (Å²) in [7, 11) is 0. The van der Waals surface area contributed by atoms with E-state index in [1.165, 1.54) is 102 Å². The number of allylic oxidation sites excluding steroid dienone is 1. The molecule has 0 bridgehead atoms. The van der Waals surface area contributed by atoms with E-state index in [-0.39, 0.29) is 11.5 Å². The Bertz CT molecular complexity index is 845. The third-order valence-corrected chi connectivity index (χ3v) is 6.60. The van der Waals surface area contributed by atoms with Gasteiger partial charge in [0.15, 0.2) is 0 Å². The molecule has 4 heteroatoms. The van der Waals surface area contributed by atoms with Crippen molar-refractivity contribution in [2.24, 2.45) is 0 Å². The van der Waals surface area contributed by atoms with Gasteiger partial charge in [-0.05, 0) is 42.8 Å². The van der Waals surface area contributed by atoms with Crippen LogP contribution in [0.25, 0.3) is 5.76 Å². The molecule has 36 heavy (non-hydrogen) atoms. The fourth-order valence-electron chi connectivity index (χ4n) is 4.35. The predicted molar refractivity (Wildman–Crippen MR) is 151 cm³/mol. The van der Waals surface area contributed by atoms with Crippen LogP contribution in [0.5, 0.6) is 5.75 Å². The molecule has 0 radical (unpaired) electrons. The first-order chi connectivity index (χ1) is 17.7. The van der Waals surface area contributed by atoms with Gasteiger partial charge in [0, 0.05) is 17.8 Å². The lowest BCUT2D eigenvalue weighted by molar-refractivity contribution is 0.104. The molecule has 1 heterocycles. The topological polar surface area (TPSA) is 59.4 Å². The normalized spacial score (nSPS) is 11.5. The largest absolute Gasteiger partial charge is 0.507 e. The van der Waals surface area contributed by atoms with Gasteiger partial charge in [-0.1, -0.05) is 109 Å². The van der Waals surface area contributed by atoms with Gasteiger partial charge >= 0.3 is 0 Å². The van der Waals surface area contributed by atoms with E-state index < -0.39 is 0 Å². The summed E-state index contributed by atoms with van der Waals surface area (Å²) in [6.45, 7) is 2.99. The van der Waals surface area contributed by atoms with Crippen molar-refractivity contribution < 1.29 is 14.6 Å². The molecule has 0 aliphatic rings. The number of ether oxygens (including phenoxy) is 1. The van der Waals surface area contributed by atoms with Gasteiger partial charge in [0.2, 0.25) is 5.78 Å². The molecule has 1 aromatic heterocycles. The van der Waals surface area contributed by atoms with Crippen LogP contribution in [0.3, 0.4) is 0 Å². The van der Waals surface area contributed by atoms with Gasteiger partial charge in [0.1, 0.15) is 17.2 Å². The van der Waals surface area contributed by atoms with E-state index in [0.717, 1.165) is 12.2 Å². The molecule has 0 saturated heterocycles. The molecule has 1 aromatic carbocycles. The minimum atomic E-state index is -0.322. The van der Waals surface area contributed by atoms with E-state index in [1.807, 2.05) is 12.1 Å². The smallest absolute Gasteiger partial charge is 0.207 e. The Morgan fingerprint density at radius 3 is 1.78 bits per heavy atom. The lowest BCUT2D eigenvalue weighted by atomic mass is 10.0. The van der Waals surface area contributed by atoms with Crippen LogP contribution in [0.2, 0.25) is 0 Å². The molecule has 1 N–H and O–H groups in total. The van der Waals surface area contributed by atoms with Crippen molar-refractivity contribution >= 4 is 11.5 Å². The number of rotatable bonds is 21. The minimum absolute atomic E-state index is 0.0741. The first kappa shape index (κ1) is 29.6. The third-order valence-electron chi connectivity index (χ3n) is 6.60. The first-order valence-electron chi connectivity index (χ1n) is 14.3. The summed E-state index contributed by atoms with van der Waals surface area (Å²) < 4.78 is 5.83. The minimum Gasteiger partial charge on any atom is -0.507 e. The summed E-state index contributed by atoms with van der Waals surface area (Å²) in [6, 6.07) is 12.3. The van der Waals surface area contributed by atoms with Crippen molar-refractivity contribution in [1.82, 2.24) is 4.98 Å². The molecule has 0 spiro atoms. The average Bonchev–Trinajstić information content (AvgIpc) is 2.91. The van der Waals surface area contributed by atoms with Gasteiger partial charge in [-0.25, -0.2) is 0 Å². The Morgan fingerprint density at radius 1 is 0.750 bits per heavy atom. The number of aromatic nitrogens is 1. The number of carbonyl (C=O) groups is 1. The highest BCUT2D eigenvalue weighted by molar-refractivity contribution is 6.06. The zero-order valence-electron chi connectivity index (χ0n) is 22.4. The molecule has 0 amide bonds. The lowest BCUT2D eigenvalue weighted by Crippen LogP contribution is -1.99. The Balaban J connectivity index is 1.45. The van der Waals surface area contributed by atoms with Crippen LogP contribution in [-0.4, -0.2) is 22.5 Å². The summed E-state index contributed by atoms with van der Waals surface area (Å²) in [6.07, 6.45) is 24.5. The van der Waals surface area contributed by atoms with Gasteiger partial charge in [-0.2, -0.15) is 0 Å². The number of unbranched alkanes of at least 4 members (excludes halogenated alkanes) is 15. The Labute approximate surface area is 219 Å². The monoisotopic (exact) mass is 493 g/mol. The summed E-state index contributed by atoms with van der Waals surface area (Å²) in [4.78, 5) is 16.2. The number of benzene rings is 1. The van der Waals surface area contributed by atoms with Crippen LogP contribution in [0.4, 0.5) is 0 Å². The van der Waals surface area contributed by atoms with Crippen molar-refractivity contribution in [3.63, 3.8) is 0 Å². The number of ketones is 1. The third kappa shape index (κ3) is 13.5. The number of hydrogen-bond donors (Lipinski definition) is 1. The number of aliphatic hydroxyl groups excluding tert-OH is 1. The SMILES string of the molecule is CCCCCCCCCCCCCCCCCCOc1ccc(/C(O)=C/C(=O)c2ccccn2)cc1. The van der Waals surface area contributed by atoms with Crippen LogP contribution >= 0.6 is 0 Å². The van der Waals surface area contributed by atoms with Crippen LogP contribution in [0.15, 0.2) is 54.7 Å². The number of carbonyl (C=O) groups excluding carboxylic acids is 1. The maximum atomic E-state index is 12.2. The zero-order chi connectivity index (χ0) is 25.7. The van der Waals surface area contributed by atoms with E-state index in [0.29, 0.717) is 17.9 Å². The standard InChI is InChI=1S/C32H47NO3/c1-2-3-4-5-6-7-8-9-10-11-12-13-14-15-16-19-26-36-29-23-21-28(22-24-29)31(34)27-32(35)30-20-17-18-25-33-30/h17-18,20-25,27,34H,2-16,19,26H2,1H3/b31-27-. The fourth-order valence-corrected chi connectivity index (χ4v) is 4.35. The summed E-state index contributed by atoms with van der Waals surface area (Å²) in [5, 5.41) is 10.2. The van der Waals surface area contributed by atoms with Crippen molar-refractivity contribution in [3.05, 3.63) is 66.0 Å². The number of hydrogen-bond acceptors (Lipinski definition) is 4. The van der Waals surface area contributed by atoms with Gasteiger partial charge in [-0.15, -0.1) is 0 Å². The molecule has 0 saturated carbocycles. The van der Waals surface area contributed by atoms with E-state index in [9.17, 15) is 9.90 Å². The molecule has 0 unspecified atom stereocenters. The van der Waals surface area contributed by atoms with Crippen LogP contribution in [0, 0.1) is 0 Å². The van der Waals surface area contributed by atoms with Crippen molar-refractivity contribution in [3.8, 4) is 5.75 Å². The Morgan fingerprint density at radius 2 is 1.28 bits per heavy atom. The molecule has 0 fully saturated rings. The molecule has 0 aliphatic heterocycles. The molecule has 0 aliphatic carbocycles. The van der Waals surface area contributed by atoms with Crippen LogP contribution < -0.4 is 4.74 Å². The Hall–Kier alpha value is -2.62. The second-order valence-corrected chi connectivity index (χ2v) is 9.78. The number of nitrogens with zero attached hydrogens (tertiary/aromatic N) is 1. The molecule has 2 rings (SSSR count). The molecule has 4 nitrogen and oxygen atoms in total. The lowest BCUT2D eigenvalue weighted by Gasteiger charge is -2.07. The average molecular weight is 494 g/mol. The zero-order valence-corrected chi connectivity index (χ0v) is 22.4. The number of pyridine rings is 1. The summed E-state index contributed by atoms with van der Waals surface area (Å²) in [5.41, 5.74) is 0.886. The van der Waals surface area contributed by atoms with Crippen molar-refractivity contribution in [1.29, 1.82) is 0 Å². The fraction of sp³-hybridized carbons (Fsp3) is 0.562. The highest BCUT2D eigenvalue weighted by Gasteiger charge is 2.07. The van der Waals surface area contributed by atoms with E-state index in [1.54, 1.807) is 36.5 Å². The molecule has 2 aromatic rings. The highest BCUT2D eigenvalue weighted by atomic mass is 16.5. The van der Waals surface area contributed by atoms with Crippen molar-refractivity contribution in [2.75, 3.05) is 6.61 Å². The summed E-state index contributed by atoms with van der Waals surface area (Å²) in [5.74, 6) is 0.385. The number of aliphatic hydroxyl groups is 1. The second kappa shape index (κ2) is 19.6. The van der Waals surface area contributed by atoms with E-state index in [4.69, 9.17) is 4.74 Å². The van der Waals surface area contributed by atoms with Crippen LogP contribution in [-0.2, 0) is 0 Å². The Kier molecular flexibility index (Phi) is 16.1. The molecule has 198 valence electrons. The van der Waals surface area contributed by atoms with Gasteiger partial charge in [-0.3, -0.25) is 9.78 Å². The molecular formula is C32H47NO3. The molecule has 0 atom stereocenters. The maximum Gasteiger partial charge on any atom is 0.207 e. The predicted octanol–water partition coefficient (Wildman–Crippen LogP) is 9.50. The second-order valence-electron chi connectivity index (χ2n) is 9.78. The van der Waals surface area contributed by atoms with Gasteiger partial charge in [0.05, 0.1) is 6.61 Å². The van der Waals surface area contributed by atoms with Gasteiger partial charge in [0.25, 0.3) is 0 Å². The maximum absolute atomic E-state index is 12.2. The highest BCUT2D eigenvalue weighted by Crippen LogP contribution is 2.19. The van der Waals surface area contributed by atoms with E-state index >= 15 is 0 Å². The van der Waals surface area contributed by atoms with E-state index in [2.05, 4.69) is 11.9 Å². The van der Waals surface area contributed by atoms with Gasteiger partial charge < -0.3 is 9.84 Å². The van der Waals surface area contributed by atoms with Crippen molar-refractivity contribution in [2.45, 2.75) is 110 Å².